The van der Waals surface area contributed by atoms with Crippen molar-refractivity contribution < 1.29 is 12.4 Å². The molecule has 9 heteroatoms. The fraction of sp³-hybridized carbons (Fsp3) is 0.238. The van der Waals surface area contributed by atoms with Crippen molar-refractivity contribution in [3.8, 4) is 0 Å². The highest BCUT2D eigenvalue weighted by molar-refractivity contribution is 6.03. The fourth-order valence-electron chi connectivity index (χ4n) is 3.23. The summed E-state index contributed by atoms with van der Waals surface area (Å²) in [5.41, 5.74) is 1.37. The number of piperazine rings is 1. The second kappa shape index (κ2) is 8.64. The summed E-state index contributed by atoms with van der Waals surface area (Å²) in [5.74, 6) is 0.677. The van der Waals surface area contributed by atoms with Crippen LogP contribution in [0.1, 0.15) is 29.4 Å². The summed E-state index contributed by atoms with van der Waals surface area (Å²) in [7, 11) is 0. The van der Waals surface area contributed by atoms with Crippen LogP contribution in [0.4, 0.5) is 11.6 Å². The van der Waals surface area contributed by atoms with E-state index < -0.39 is 0 Å². The summed E-state index contributed by atoms with van der Waals surface area (Å²) in [5, 5.41) is 2.74. The number of hydrogen-bond acceptors (Lipinski definition) is 7. The van der Waals surface area contributed by atoms with Crippen molar-refractivity contribution in [1.82, 2.24) is 24.8 Å². The van der Waals surface area contributed by atoms with Crippen molar-refractivity contribution >= 4 is 23.5 Å². The number of anilines is 2. The third-order valence-corrected chi connectivity index (χ3v) is 4.86. The number of nitrogens with one attached hydrogen (secondary N) is 1. The Balaban J connectivity index is 0.00000181. The third kappa shape index (κ3) is 4.24. The number of hydrogen-bond donors (Lipinski definition) is 1. The molecule has 3 aromatic rings. The molecule has 0 bridgehead atoms. The molecular formula is C21H25N7O2. The molecule has 4 heterocycles. The Labute approximate surface area is 176 Å². The normalized spacial score (nSPS) is 13.8. The van der Waals surface area contributed by atoms with E-state index >= 15 is 0 Å². The number of aromatic nitrogens is 4. The summed E-state index contributed by atoms with van der Waals surface area (Å²) in [6, 6.07) is 8.80. The molecule has 9 nitrogen and oxygen atoms in total. The van der Waals surface area contributed by atoms with Crippen LogP contribution in [0, 0.1) is 6.92 Å². The van der Waals surface area contributed by atoms with Crippen molar-refractivity contribution in [2.75, 3.05) is 36.4 Å². The highest BCUT2D eigenvalue weighted by Gasteiger charge is 2.24. The average molecular weight is 407 g/mol. The summed E-state index contributed by atoms with van der Waals surface area (Å²) in [6.07, 6.45) is 6.49. The molecule has 0 atom stereocenters. The van der Waals surface area contributed by atoms with Gasteiger partial charge in [-0.05, 0) is 31.2 Å². The molecule has 1 N–H and O–H groups in total. The van der Waals surface area contributed by atoms with Crippen LogP contribution in [0.15, 0.2) is 55.1 Å². The minimum absolute atomic E-state index is 0. The molecule has 1 fully saturated rings. The first-order valence-corrected chi connectivity index (χ1v) is 9.62. The molecule has 0 aromatic carbocycles. The van der Waals surface area contributed by atoms with Gasteiger partial charge in [0.1, 0.15) is 11.6 Å². The number of pyridine rings is 2. The molecule has 156 valence electrons. The Kier molecular flexibility index (Phi) is 5.60. The summed E-state index contributed by atoms with van der Waals surface area (Å²) in [4.78, 5) is 46.0. The second-order valence-corrected chi connectivity index (χ2v) is 6.85. The molecule has 1 saturated heterocycles. The SMILES string of the molecule is Cc1ncc(N2CCN(C(=O)c3cccnc3)CC2)nc1C(=O)Nc1ccccn1.[HH].[HH]. The third-order valence-electron chi connectivity index (χ3n) is 4.86. The van der Waals surface area contributed by atoms with Crippen LogP contribution in [-0.4, -0.2) is 62.8 Å². The number of aryl methyl sites for hydroxylation is 1. The average Bonchev–Trinajstić information content (AvgIpc) is 2.80. The summed E-state index contributed by atoms with van der Waals surface area (Å²) in [6.45, 7) is 4.06. The number of amides is 2. The minimum atomic E-state index is -0.356. The van der Waals surface area contributed by atoms with Gasteiger partial charge in [0.15, 0.2) is 5.69 Å². The van der Waals surface area contributed by atoms with E-state index in [9.17, 15) is 9.59 Å². The van der Waals surface area contributed by atoms with E-state index in [4.69, 9.17) is 0 Å². The lowest BCUT2D eigenvalue weighted by molar-refractivity contribution is 0.0746. The van der Waals surface area contributed by atoms with Crippen LogP contribution >= 0.6 is 0 Å². The van der Waals surface area contributed by atoms with Crippen LogP contribution in [0.2, 0.25) is 0 Å². The van der Waals surface area contributed by atoms with Crippen molar-refractivity contribution in [3.63, 3.8) is 0 Å². The summed E-state index contributed by atoms with van der Waals surface area (Å²) >= 11 is 0. The maximum Gasteiger partial charge on any atom is 0.277 e. The first-order chi connectivity index (χ1) is 14.6. The molecule has 0 unspecified atom stereocenters. The van der Waals surface area contributed by atoms with Gasteiger partial charge >= 0.3 is 0 Å². The molecule has 0 spiro atoms. The number of carbonyl (C=O) groups excluding carboxylic acids is 2. The van der Waals surface area contributed by atoms with Crippen molar-refractivity contribution in [2.24, 2.45) is 0 Å². The standard InChI is InChI=1S/C21H21N7O2.2H2/c1-15-19(20(29)25-17-6-2-3-8-23-17)26-18(14-24-15)27-9-11-28(12-10-27)21(30)16-5-4-7-22-13-16;;/h2-8,13-14H,9-12H2,1H3,(H,23,25,29);2*1H. The van der Waals surface area contributed by atoms with Crippen molar-refractivity contribution in [2.45, 2.75) is 6.92 Å². The quantitative estimate of drug-likeness (QED) is 0.707. The van der Waals surface area contributed by atoms with Gasteiger partial charge in [0.25, 0.3) is 11.8 Å². The molecule has 1 aliphatic rings. The van der Waals surface area contributed by atoms with E-state index in [1.165, 1.54) is 0 Å². The van der Waals surface area contributed by atoms with E-state index in [0.717, 1.165) is 0 Å². The van der Waals surface area contributed by atoms with Crippen LogP contribution in [0.3, 0.4) is 0 Å². The highest BCUT2D eigenvalue weighted by Crippen LogP contribution is 2.17. The van der Waals surface area contributed by atoms with Gasteiger partial charge < -0.3 is 15.1 Å². The summed E-state index contributed by atoms with van der Waals surface area (Å²) < 4.78 is 0. The van der Waals surface area contributed by atoms with E-state index in [0.29, 0.717) is 49.1 Å². The zero-order valence-electron chi connectivity index (χ0n) is 16.5. The lowest BCUT2D eigenvalue weighted by Crippen LogP contribution is -2.49. The molecule has 2 amide bonds. The van der Waals surface area contributed by atoms with Gasteiger partial charge in [-0.25, -0.2) is 9.97 Å². The topological polar surface area (TPSA) is 104 Å². The van der Waals surface area contributed by atoms with Crippen molar-refractivity contribution in [3.05, 3.63) is 72.1 Å². The lowest BCUT2D eigenvalue weighted by atomic mass is 10.2. The molecule has 1 aliphatic heterocycles. The van der Waals surface area contributed by atoms with E-state index in [1.54, 1.807) is 66.9 Å². The highest BCUT2D eigenvalue weighted by atomic mass is 16.2. The van der Waals surface area contributed by atoms with Crippen LogP contribution in [0.25, 0.3) is 0 Å². The monoisotopic (exact) mass is 407 g/mol. The van der Waals surface area contributed by atoms with Gasteiger partial charge in [-0.3, -0.25) is 19.6 Å². The Morgan fingerprint density at radius 3 is 2.53 bits per heavy atom. The zero-order valence-corrected chi connectivity index (χ0v) is 16.5. The Morgan fingerprint density at radius 2 is 1.83 bits per heavy atom. The fourth-order valence-corrected chi connectivity index (χ4v) is 3.23. The Bertz CT molecular complexity index is 1050. The first kappa shape index (κ1) is 19.4. The lowest BCUT2D eigenvalue weighted by Gasteiger charge is -2.35. The number of rotatable bonds is 4. The van der Waals surface area contributed by atoms with Crippen molar-refractivity contribution in [1.29, 1.82) is 0 Å². The van der Waals surface area contributed by atoms with E-state index in [1.807, 2.05) is 4.90 Å². The predicted octanol–water partition coefficient (Wildman–Crippen LogP) is 2.28. The largest absolute Gasteiger partial charge is 0.352 e. The minimum Gasteiger partial charge on any atom is -0.352 e. The first-order valence-electron chi connectivity index (χ1n) is 9.62. The van der Waals surface area contributed by atoms with Crippen LogP contribution < -0.4 is 10.2 Å². The van der Waals surface area contributed by atoms with E-state index in [-0.39, 0.29) is 20.4 Å². The Morgan fingerprint density at radius 1 is 1.00 bits per heavy atom. The molecule has 30 heavy (non-hydrogen) atoms. The molecule has 0 saturated carbocycles. The smallest absolute Gasteiger partial charge is 0.277 e. The molecular weight excluding hydrogens is 382 g/mol. The van der Waals surface area contributed by atoms with Gasteiger partial charge in [-0.2, -0.15) is 0 Å². The molecule has 3 aromatic heterocycles. The van der Waals surface area contributed by atoms with Crippen LogP contribution in [0.5, 0.6) is 0 Å². The van der Waals surface area contributed by atoms with Gasteiger partial charge in [0.05, 0.1) is 17.5 Å². The molecule has 0 radical (unpaired) electrons. The Hall–Kier alpha value is -3.88. The second-order valence-electron chi connectivity index (χ2n) is 6.85. The molecule has 4 rings (SSSR count). The number of carbonyl (C=O) groups is 2. The maximum absolute atomic E-state index is 12.6. The molecule has 0 aliphatic carbocycles. The maximum atomic E-state index is 12.6. The predicted molar refractivity (Wildman–Crippen MR) is 116 cm³/mol. The van der Waals surface area contributed by atoms with Gasteiger partial charge in [0, 0.05) is 47.6 Å². The van der Waals surface area contributed by atoms with E-state index in [2.05, 4.69) is 25.3 Å². The van der Waals surface area contributed by atoms with Gasteiger partial charge in [-0.1, -0.05) is 6.07 Å². The van der Waals surface area contributed by atoms with Gasteiger partial charge in [-0.15, -0.1) is 0 Å². The van der Waals surface area contributed by atoms with Gasteiger partial charge in [0.2, 0.25) is 0 Å². The number of nitrogens with zero attached hydrogens (tertiary/aromatic N) is 6. The zero-order chi connectivity index (χ0) is 20.9. The van der Waals surface area contributed by atoms with Crippen LogP contribution in [-0.2, 0) is 0 Å².